The monoisotopic (exact) mass is 1310 g/mol. The highest BCUT2D eigenvalue weighted by atomic mass is 16.4. The van der Waals surface area contributed by atoms with Gasteiger partial charge in [-0.2, -0.15) is 0 Å². The number of carboxylic acids is 1. The van der Waals surface area contributed by atoms with Gasteiger partial charge in [-0.05, 0) is 92.4 Å². The van der Waals surface area contributed by atoms with E-state index in [9.17, 15) is 63.3 Å². The van der Waals surface area contributed by atoms with E-state index in [0.717, 1.165) is 9.80 Å². The Bertz CT molecular complexity index is 2650. The Morgan fingerprint density at radius 1 is 0.516 bits per heavy atom. The number of aliphatic hydroxyl groups excluding tert-OH is 2. The summed E-state index contributed by atoms with van der Waals surface area (Å²) < 4.78 is 0. The molecule has 0 saturated heterocycles. The van der Waals surface area contributed by atoms with Crippen molar-refractivity contribution in [2.45, 2.75) is 215 Å². The van der Waals surface area contributed by atoms with Crippen LogP contribution in [0.1, 0.15) is 148 Å². The van der Waals surface area contributed by atoms with Gasteiger partial charge in [0, 0.05) is 55.8 Å². The number of amides is 10. The third-order valence-corrected chi connectivity index (χ3v) is 17.0. The highest BCUT2D eigenvalue weighted by Gasteiger charge is 2.45. The summed E-state index contributed by atoms with van der Waals surface area (Å²) in [7, 11) is 9.80. The number of allylic oxidation sites excluding steroid dienone is 2. The number of rotatable bonds is 39. The van der Waals surface area contributed by atoms with Gasteiger partial charge in [0.25, 0.3) is 0 Å². The summed E-state index contributed by atoms with van der Waals surface area (Å²) in [5.74, 6) is -10.4. The summed E-state index contributed by atoms with van der Waals surface area (Å²) in [6.45, 7) is 25.6. The first-order chi connectivity index (χ1) is 43.1. The van der Waals surface area contributed by atoms with Gasteiger partial charge < -0.3 is 71.3 Å². The van der Waals surface area contributed by atoms with Crippen molar-refractivity contribution in [1.82, 2.24) is 50.2 Å². The molecule has 0 aliphatic carbocycles. The number of nitrogens with one attached hydrogen (secondary N) is 3. The summed E-state index contributed by atoms with van der Waals surface area (Å²) in [5.41, 5.74) is 6.58. The number of hydrogen-bond donors (Lipinski definition) is 7. The maximum absolute atomic E-state index is 15.1. The van der Waals surface area contributed by atoms with E-state index in [-0.39, 0.29) is 68.6 Å². The van der Waals surface area contributed by atoms with Crippen LogP contribution in [0.25, 0.3) is 0 Å². The highest BCUT2D eigenvalue weighted by Crippen LogP contribution is 2.26. The third-order valence-electron chi connectivity index (χ3n) is 17.0. The average molecular weight is 1310 g/mol. The number of nitrogens with two attached hydrogens (primary N) is 1. The predicted octanol–water partition coefficient (Wildman–Crippen LogP) is 3.38. The molecule has 0 radical (unpaired) electrons. The van der Waals surface area contributed by atoms with Crippen LogP contribution in [0.2, 0.25) is 0 Å². The van der Waals surface area contributed by atoms with Gasteiger partial charge in [0.2, 0.25) is 59.1 Å². The topological polar surface area (TPSA) is 333 Å². The van der Waals surface area contributed by atoms with E-state index in [1.807, 2.05) is 55.4 Å². The molecule has 25 nitrogen and oxygen atoms in total. The normalized spacial score (nSPS) is 15.6. The van der Waals surface area contributed by atoms with Crippen LogP contribution in [0.3, 0.4) is 0 Å². The molecule has 0 heterocycles. The first-order valence-corrected chi connectivity index (χ1v) is 32.8. The summed E-state index contributed by atoms with van der Waals surface area (Å²) >= 11 is 0. The van der Waals surface area contributed by atoms with Crippen LogP contribution < -0.4 is 21.7 Å². The SMILES string of the molecule is C/C=C/C[C@@H](C)[C@@H](O)[C@@H](C(=O)N[C@@H](CC)C(=O)N(C)CC(=O)N(C)[C@@H](CC(C)C)C(=O)N[C@H](C(=O)N(C)[C@@H](CC(C)C)C(=O)N[C@@H](Cc1ccccc1)C(=O)O)C(C)C)N(C)C(=O)[C@H](C(C)C)N(C)C(=O)[C@H](CC(C)C)N(C)C(=O)[C@H](CC(C)C)N(C)C(=O)[C@H](N)CO. The fraction of sp³-hybridized carbons (Fsp3) is 0.721. The molecule has 0 aliphatic heterocycles. The average Bonchev–Trinajstić information content (AvgIpc) is 0.814. The minimum atomic E-state index is -1.64. The molecule has 0 bridgehead atoms. The lowest BCUT2D eigenvalue weighted by atomic mass is 9.91. The maximum Gasteiger partial charge on any atom is 0.326 e. The second kappa shape index (κ2) is 39.7. The van der Waals surface area contributed by atoms with E-state index in [0.29, 0.717) is 5.56 Å². The van der Waals surface area contributed by atoms with Crippen molar-refractivity contribution in [3.63, 3.8) is 0 Å². The number of likely N-dealkylation sites (N-methyl/N-ethyl adjacent to an activating group) is 7. The zero-order valence-corrected chi connectivity index (χ0v) is 59.8. The van der Waals surface area contributed by atoms with Gasteiger partial charge in [0.1, 0.15) is 60.4 Å². The molecule has 1 aromatic rings. The summed E-state index contributed by atoms with van der Waals surface area (Å²) in [5, 5.41) is 40.1. The molecule has 8 N–H and O–H groups in total. The quantitative estimate of drug-likeness (QED) is 0.0465. The largest absolute Gasteiger partial charge is 0.480 e. The van der Waals surface area contributed by atoms with E-state index in [4.69, 9.17) is 5.73 Å². The molecule has 0 aromatic heterocycles. The van der Waals surface area contributed by atoms with Crippen LogP contribution in [0.15, 0.2) is 42.5 Å². The minimum Gasteiger partial charge on any atom is -0.480 e. The molecular weight excluding hydrogens is 1190 g/mol. The van der Waals surface area contributed by atoms with Crippen LogP contribution in [-0.2, 0) is 59.2 Å². The van der Waals surface area contributed by atoms with Crippen molar-refractivity contribution in [3.05, 3.63) is 48.0 Å². The number of hydrogen-bond acceptors (Lipinski definition) is 14. The van der Waals surface area contributed by atoms with E-state index < -0.39 is 162 Å². The van der Waals surface area contributed by atoms with E-state index >= 15 is 4.79 Å². The van der Waals surface area contributed by atoms with E-state index in [1.165, 1.54) is 73.8 Å². The standard InChI is InChI=1S/C68H117N11O14/c1-23-25-29-45(15)58(82)57(79(22)67(91)56(44(13)14)78(21)65(89)53(35-42(9)10)77(20)64(88)52(34-41(7)8)76(19)62(86)47(69)38-80)61(85)70-48(24-2)63(87)73(16)37-54(81)74(17)50(32-39(3)4)60(84)72-55(43(11)12)66(90)75(18)51(33-40(5)6)59(83)71-49(68(92)93)36-46-30-27-26-28-31-46/h23,25-28,30-31,39-45,47-53,55-58,80,82H,24,29,32-38,69H2,1-22H3,(H,70,85)(H,71,83)(H,72,84)(H,92,93)/b25-23+/t45-,47-,48+,49+,50+,51+,52+,53+,55+,56+,57+,58-/m1/s1. The Morgan fingerprint density at radius 3 is 1.39 bits per heavy atom. The highest BCUT2D eigenvalue weighted by molar-refractivity contribution is 5.98. The van der Waals surface area contributed by atoms with Gasteiger partial charge in [0.05, 0.1) is 19.3 Å². The Hall–Kier alpha value is -6.99. The molecule has 0 unspecified atom stereocenters. The van der Waals surface area contributed by atoms with Crippen LogP contribution in [0.4, 0.5) is 0 Å². The van der Waals surface area contributed by atoms with Crippen LogP contribution in [-0.4, -0.2) is 244 Å². The molecule has 93 heavy (non-hydrogen) atoms. The number of carbonyl (C=O) groups is 11. The van der Waals surface area contributed by atoms with Crippen LogP contribution in [0, 0.1) is 41.4 Å². The van der Waals surface area contributed by atoms with Gasteiger partial charge in [-0.1, -0.05) is 139 Å². The molecular formula is C68H117N11O14. The summed E-state index contributed by atoms with van der Waals surface area (Å²) in [4.78, 5) is 165. The fourth-order valence-electron chi connectivity index (χ4n) is 11.3. The lowest BCUT2D eigenvalue weighted by Gasteiger charge is -2.41. The Labute approximate surface area is 554 Å². The van der Waals surface area contributed by atoms with Crippen molar-refractivity contribution < 1.29 is 68.1 Å². The molecule has 0 spiro atoms. The number of carbonyl (C=O) groups excluding carboxylic acids is 10. The first-order valence-electron chi connectivity index (χ1n) is 32.8. The number of carboxylic acid groups (broad SMARTS) is 1. The Kier molecular flexibility index (Phi) is 35.8. The van der Waals surface area contributed by atoms with Gasteiger partial charge in [-0.3, -0.25) is 47.9 Å². The second-order valence-corrected chi connectivity index (χ2v) is 27.5. The zero-order valence-electron chi connectivity index (χ0n) is 59.8. The van der Waals surface area contributed by atoms with Crippen molar-refractivity contribution >= 4 is 65.0 Å². The van der Waals surface area contributed by atoms with Crippen molar-refractivity contribution in [3.8, 4) is 0 Å². The fourth-order valence-corrected chi connectivity index (χ4v) is 11.3. The lowest BCUT2D eigenvalue weighted by molar-refractivity contribution is -0.157. The smallest absolute Gasteiger partial charge is 0.326 e. The van der Waals surface area contributed by atoms with Crippen LogP contribution >= 0.6 is 0 Å². The molecule has 0 fully saturated rings. The number of aliphatic hydroxyl groups is 2. The molecule has 12 atom stereocenters. The van der Waals surface area contributed by atoms with E-state index in [1.54, 1.807) is 91.0 Å². The number of benzene rings is 1. The maximum atomic E-state index is 15.1. The van der Waals surface area contributed by atoms with Gasteiger partial charge >= 0.3 is 5.97 Å². The molecule has 1 aromatic carbocycles. The molecule has 10 amide bonds. The molecule has 1 rings (SSSR count). The minimum absolute atomic E-state index is 0.000175. The second-order valence-electron chi connectivity index (χ2n) is 27.5. The molecule has 25 heteroatoms. The van der Waals surface area contributed by atoms with Crippen LogP contribution in [0.5, 0.6) is 0 Å². The Morgan fingerprint density at radius 2 is 0.946 bits per heavy atom. The predicted molar refractivity (Wildman–Crippen MR) is 358 cm³/mol. The lowest BCUT2D eigenvalue weighted by Crippen LogP contribution is -2.63. The third kappa shape index (κ3) is 25.0. The van der Waals surface area contributed by atoms with Crippen molar-refractivity contribution in [2.24, 2.45) is 47.2 Å². The molecule has 0 aliphatic rings. The van der Waals surface area contributed by atoms with E-state index in [2.05, 4.69) is 16.0 Å². The molecule has 528 valence electrons. The summed E-state index contributed by atoms with van der Waals surface area (Å²) in [6.07, 6.45) is 2.98. The summed E-state index contributed by atoms with van der Waals surface area (Å²) in [6, 6.07) is -3.67. The van der Waals surface area contributed by atoms with Gasteiger partial charge in [0.15, 0.2) is 0 Å². The van der Waals surface area contributed by atoms with Crippen molar-refractivity contribution in [1.29, 1.82) is 0 Å². The van der Waals surface area contributed by atoms with Crippen molar-refractivity contribution in [2.75, 3.05) is 62.5 Å². The van der Waals surface area contributed by atoms with Gasteiger partial charge in [-0.15, -0.1) is 0 Å². The zero-order chi connectivity index (χ0) is 71.8. The van der Waals surface area contributed by atoms with Gasteiger partial charge in [-0.25, -0.2) is 4.79 Å². The first kappa shape index (κ1) is 84.0. The number of aliphatic carboxylic acids is 1. The number of nitrogens with zero attached hydrogens (tertiary/aromatic N) is 7. The molecule has 0 saturated carbocycles. The Balaban J connectivity index is 3.66.